The van der Waals surface area contributed by atoms with Crippen molar-refractivity contribution in [3.8, 4) is 17.2 Å². The summed E-state index contributed by atoms with van der Waals surface area (Å²) in [4.78, 5) is 4.12. The van der Waals surface area contributed by atoms with Gasteiger partial charge in [-0.1, -0.05) is 0 Å². The number of aromatic nitrogens is 3. The van der Waals surface area contributed by atoms with Gasteiger partial charge >= 0.3 is 0 Å². The Hall–Kier alpha value is -2.28. The van der Waals surface area contributed by atoms with Crippen LogP contribution in [0.2, 0.25) is 0 Å². The summed E-state index contributed by atoms with van der Waals surface area (Å²) in [7, 11) is 5.00. The molecule has 0 atom stereocenters. The summed E-state index contributed by atoms with van der Waals surface area (Å²) in [6, 6.07) is 3.81. The molecule has 2 rings (SSSR count). The van der Waals surface area contributed by atoms with Gasteiger partial charge in [-0.25, -0.2) is 4.98 Å². The van der Waals surface area contributed by atoms with E-state index in [0.29, 0.717) is 29.6 Å². The standard InChI is InChI=1S/C14H20N4O3/c1-18-13(16-9-17-18)8-21-14-11(19-2)6-10(4-5-15)7-12(14)20-3/h6-7,9H,4-5,8,15H2,1-3H3. The number of aryl methyl sites for hydroxylation is 1. The third kappa shape index (κ3) is 3.43. The monoisotopic (exact) mass is 292 g/mol. The van der Waals surface area contributed by atoms with E-state index in [-0.39, 0.29) is 6.61 Å². The number of rotatable bonds is 7. The molecule has 0 amide bonds. The van der Waals surface area contributed by atoms with E-state index in [9.17, 15) is 0 Å². The Morgan fingerprint density at radius 1 is 1.19 bits per heavy atom. The maximum absolute atomic E-state index is 5.80. The third-order valence-electron chi connectivity index (χ3n) is 3.10. The summed E-state index contributed by atoms with van der Waals surface area (Å²) in [5, 5.41) is 4.00. The second kappa shape index (κ2) is 6.94. The Balaban J connectivity index is 2.26. The summed E-state index contributed by atoms with van der Waals surface area (Å²) >= 11 is 0. The third-order valence-corrected chi connectivity index (χ3v) is 3.10. The predicted molar refractivity (Wildman–Crippen MR) is 77.6 cm³/mol. The lowest BCUT2D eigenvalue weighted by Crippen LogP contribution is -2.07. The molecular formula is C14H20N4O3. The van der Waals surface area contributed by atoms with Crippen molar-refractivity contribution in [2.45, 2.75) is 13.0 Å². The van der Waals surface area contributed by atoms with E-state index < -0.39 is 0 Å². The molecule has 0 aliphatic rings. The van der Waals surface area contributed by atoms with Crippen LogP contribution in [0.3, 0.4) is 0 Å². The first-order valence-electron chi connectivity index (χ1n) is 6.60. The first-order valence-corrected chi connectivity index (χ1v) is 6.60. The van der Waals surface area contributed by atoms with Gasteiger partial charge in [-0.15, -0.1) is 0 Å². The molecule has 2 N–H and O–H groups in total. The minimum Gasteiger partial charge on any atom is -0.493 e. The highest BCUT2D eigenvalue weighted by molar-refractivity contribution is 5.54. The van der Waals surface area contributed by atoms with Crippen molar-refractivity contribution >= 4 is 0 Å². The van der Waals surface area contributed by atoms with Crippen LogP contribution < -0.4 is 19.9 Å². The molecule has 0 fully saturated rings. The van der Waals surface area contributed by atoms with Gasteiger partial charge < -0.3 is 19.9 Å². The molecule has 7 heteroatoms. The Kier molecular flexibility index (Phi) is 4.99. The molecule has 1 heterocycles. The van der Waals surface area contributed by atoms with E-state index in [2.05, 4.69) is 10.1 Å². The van der Waals surface area contributed by atoms with Gasteiger partial charge in [0.2, 0.25) is 5.75 Å². The minimum absolute atomic E-state index is 0.277. The van der Waals surface area contributed by atoms with Gasteiger partial charge in [0.25, 0.3) is 0 Å². The number of nitrogens with two attached hydrogens (primary N) is 1. The molecule has 0 aliphatic carbocycles. The Morgan fingerprint density at radius 2 is 1.86 bits per heavy atom. The van der Waals surface area contributed by atoms with E-state index in [1.165, 1.54) is 6.33 Å². The second-order valence-electron chi connectivity index (χ2n) is 4.46. The van der Waals surface area contributed by atoms with Crippen LogP contribution in [0, 0.1) is 0 Å². The molecule has 0 saturated carbocycles. The van der Waals surface area contributed by atoms with Crippen molar-refractivity contribution < 1.29 is 14.2 Å². The highest BCUT2D eigenvalue weighted by Gasteiger charge is 2.15. The van der Waals surface area contributed by atoms with Gasteiger partial charge in [-0.2, -0.15) is 5.10 Å². The van der Waals surface area contributed by atoms with Crippen LogP contribution in [0.1, 0.15) is 11.4 Å². The van der Waals surface area contributed by atoms with E-state index >= 15 is 0 Å². The summed E-state index contributed by atoms with van der Waals surface area (Å²) in [6.07, 6.45) is 2.23. The Labute approximate surface area is 123 Å². The lowest BCUT2D eigenvalue weighted by atomic mass is 10.1. The van der Waals surface area contributed by atoms with Crippen LogP contribution in [0.5, 0.6) is 17.2 Å². The maximum atomic E-state index is 5.80. The molecule has 0 saturated heterocycles. The number of methoxy groups -OCH3 is 2. The van der Waals surface area contributed by atoms with E-state index in [0.717, 1.165) is 12.0 Å². The quantitative estimate of drug-likeness (QED) is 0.816. The van der Waals surface area contributed by atoms with Crippen molar-refractivity contribution in [2.75, 3.05) is 20.8 Å². The topological polar surface area (TPSA) is 84.4 Å². The lowest BCUT2D eigenvalue weighted by Gasteiger charge is -2.15. The summed E-state index contributed by atoms with van der Waals surface area (Å²) in [5.74, 6) is 2.48. The largest absolute Gasteiger partial charge is 0.493 e. The second-order valence-corrected chi connectivity index (χ2v) is 4.46. The van der Waals surface area contributed by atoms with E-state index in [1.807, 2.05) is 19.2 Å². The smallest absolute Gasteiger partial charge is 0.204 e. The molecule has 21 heavy (non-hydrogen) atoms. The minimum atomic E-state index is 0.277. The number of ether oxygens (including phenoxy) is 3. The maximum Gasteiger partial charge on any atom is 0.204 e. The van der Waals surface area contributed by atoms with Crippen molar-refractivity contribution in [1.82, 2.24) is 14.8 Å². The highest BCUT2D eigenvalue weighted by Crippen LogP contribution is 2.39. The molecule has 7 nitrogen and oxygen atoms in total. The molecule has 0 spiro atoms. The molecule has 1 aromatic heterocycles. The van der Waals surface area contributed by atoms with E-state index in [4.69, 9.17) is 19.9 Å². The molecule has 0 radical (unpaired) electrons. The number of nitrogens with zero attached hydrogens (tertiary/aromatic N) is 3. The molecular weight excluding hydrogens is 272 g/mol. The average molecular weight is 292 g/mol. The molecule has 0 bridgehead atoms. The zero-order valence-electron chi connectivity index (χ0n) is 12.5. The highest BCUT2D eigenvalue weighted by atomic mass is 16.5. The van der Waals surface area contributed by atoms with Gasteiger partial charge in [0.05, 0.1) is 14.2 Å². The first kappa shape index (κ1) is 15.1. The zero-order chi connectivity index (χ0) is 15.2. The number of hydrogen-bond acceptors (Lipinski definition) is 6. The fraction of sp³-hybridized carbons (Fsp3) is 0.429. The van der Waals surface area contributed by atoms with Crippen LogP contribution >= 0.6 is 0 Å². The van der Waals surface area contributed by atoms with E-state index in [1.54, 1.807) is 18.9 Å². The van der Waals surface area contributed by atoms with Crippen molar-refractivity contribution in [3.05, 3.63) is 29.8 Å². The fourth-order valence-corrected chi connectivity index (χ4v) is 1.97. The van der Waals surface area contributed by atoms with Crippen molar-refractivity contribution in [2.24, 2.45) is 12.8 Å². The number of benzene rings is 1. The van der Waals surface area contributed by atoms with Gasteiger partial charge in [0, 0.05) is 7.05 Å². The fourth-order valence-electron chi connectivity index (χ4n) is 1.97. The van der Waals surface area contributed by atoms with Crippen LogP contribution in [-0.2, 0) is 20.1 Å². The Bertz CT molecular complexity index is 573. The summed E-state index contributed by atoms with van der Waals surface area (Å²) in [6.45, 7) is 0.838. The molecule has 114 valence electrons. The van der Waals surface area contributed by atoms with Crippen LogP contribution in [0.15, 0.2) is 18.5 Å². The molecule has 0 aliphatic heterocycles. The van der Waals surface area contributed by atoms with Crippen LogP contribution in [-0.4, -0.2) is 35.5 Å². The Morgan fingerprint density at radius 3 is 2.33 bits per heavy atom. The van der Waals surface area contributed by atoms with Gasteiger partial charge in [-0.3, -0.25) is 4.68 Å². The SMILES string of the molecule is COc1cc(CCN)cc(OC)c1OCc1ncnn1C. The molecule has 1 aromatic carbocycles. The predicted octanol–water partition coefficient (Wildman–Crippen LogP) is 0.912. The summed E-state index contributed by atoms with van der Waals surface area (Å²) in [5.41, 5.74) is 6.63. The van der Waals surface area contributed by atoms with Crippen molar-refractivity contribution in [1.29, 1.82) is 0 Å². The van der Waals surface area contributed by atoms with Gasteiger partial charge in [0.1, 0.15) is 12.9 Å². The zero-order valence-corrected chi connectivity index (χ0v) is 12.5. The van der Waals surface area contributed by atoms with Gasteiger partial charge in [0.15, 0.2) is 17.3 Å². The normalized spacial score (nSPS) is 10.5. The summed E-state index contributed by atoms with van der Waals surface area (Å²) < 4.78 is 18.2. The van der Waals surface area contributed by atoms with Crippen molar-refractivity contribution in [3.63, 3.8) is 0 Å². The molecule has 2 aromatic rings. The molecule has 0 unspecified atom stereocenters. The van der Waals surface area contributed by atoms with Crippen LogP contribution in [0.4, 0.5) is 0 Å². The average Bonchev–Trinajstić information content (AvgIpc) is 2.90. The lowest BCUT2D eigenvalue weighted by molar-refractivity contribution is 0.255. The van der Waals surface area contributed by atoms with Gasteiger partial charge in [-0.05, 0) is 30.7 Å². The number of hydrogen-bond donors (Lipinski definition) is 1. The first-order chi connectivity index (χ1) is 10.2. The van der Waals surface area contributed by atoms with Crippen LogP contribution in [0.25, 0.3) is 0 Å².